The number of nitrogens with zero attached hydrogens (tertiary/aromatic N) is 2. The number of hydrogen-bond donors (Lipinski definition) is 0. The second-order valence-electron chi connectivity index (χ2n) is 7.19. The lowest BCUT2D eigenvalue weighted by atomic mass is 10.1. The predicted molar refractivity (Wildman–Crippen MR) is 122 cm³/mol. The second kappa shape index (κ2) is 8.96. The first kappa shape index (κ1) is 21.8. The maximum Gasteiger partial charge on any atom is 0.350 e. The molecule has 1 aromatic heterocycles. The van der Waals surface area contributed by atoms with E-state index < -0.39 is 16.9 Å². The van der Waals surface area contributed by atoms with Crippen LogP contribution in [0.25, 0.3) is 16.6 Å². The van der Waals surface area contributed by atoms with Gasteiger partial charge in [0.2, 0.25) is 0 Å². The Balaban J connectivity index is 1.82. The minimum Gasteiger partial charge on any atom is -0.462 e. The third kappa shape index (κ3) is 4.06. The number of ether oxygens (including phenoxy) is 2. The summed E-state index contributed by atoms with van der Waals surface area (Å²) in [5.41, 5.74) is 2.12. The van der Waals surface area contributed by atoms with Crippen LogP contribution in [0.2, 0.25) is 0 Å². The SMILES string of the molecule is CCOC(=O)c1c(C)n(-c2ccccc2)c2ccc(OC(=O)c3ccccc3[N+](=O)[O-])cc12. The molecule has 33 heavy (non-hydrogen) atoms. The average Bonchev–Trinajstić information content (AvgIpc) is 3.10. The maximum absolute atomic E-state index is 12.8. The number of carbonyl (C=O) groups is 2. The number of nitro groups is 1. The zero-order chi connectivity index (χ0) is 23.5. The number of benzene rings is 3. The van der Waals surface area contributed by atoms with Crippen LogP contribution < -0.4 is 4.74 Å². The fourth-order valence-electron chi connectivity index (χ4n) is 3.80. The van der Waals surface area contributed by atoms with Crippen molar-refractivity contribution >= 4 is 28.5 Å². The predicted octanol–water partition coefficient (Wildman–Crippen LogP) is 5.24. The van der Waals surface area contributed by atoms with Crippen LogP contribution in [-0.2, 0) is 4.74 Å². The first-order valence-electron chi connectivity index (χ1n) is 10.3. The number of fused-ring (bicyclic) bond motifs is 1. The van der Waals surface area contributed by atoms with Gasteiger partial charge in [0.1, 0.15) is 11.3 Å². The molecule has 0 saturated carbocycles. The van der Waals surface area contributed by atoms with Crippen LogP contribution in [-0.4, -0.2) is 28.0 Å². The first-order chi connectivity index (χ1) is 15.9. The summed E-state index contributed by atoms with van der Waals surface area (Å²) in [6, 6.07) is 20.0. The van der Waals surface area contributed by atoms with Crippen LogP contribution in [0, 0.1) is 17.0 Å². The van der Waals surface area contributed by atoms with Crippen molar-refractivity contribution in [2.24, 2.45) is 0 Å². The highest BCUT2D eigenvalue weighted by molar-refractivity contribution is 6.07. The fraction of sp³-hybridized carbons (Fsp3) is 0.120. The van der Waals surface area contributed by atoms with Gasteiger partial charge in [0.15, 0.2) is 0 Å². The van der Waals surface area contributed by atoms with Gasteiger partial charge < -0.3 is 14.0 Å². The van der Waals surface area contributed by atoms with Crippen molar-refractivity contribution in [2.75, 3.05) is 6.61 Å². The van der Waals surface area contributed by atoms with Gasteiger partial charge in [-0.3, -0.25) is 10.1 Å². The molecule has 4 aromatic rings. The molecule has 0 fully saturated rings. The van der Waals surface area contributed by atoms with E-state index in [4.69, 9.17) is 9.47 Å². The smallest absolute Gasteiger partial charge is 0.350 e. The number of aromatic nitrogens is 1. The summed E-state index contributed by atoms with van der Waals surface area (Å²) >= 11 is 0. The Bertz CT molecular complexity index is 1370. The molecule has 0 spiro atoms. The second-order valence-corrected chi connectivity index (χ2v) is 7.19. The van der Waals surface area contributed by atoms with Crippen LogP contribution >= 0.6 is 0 Å². The Kier molecular flexibility index (Phi) is 5.91. The molecule has 0 radical (unpaired) electrons. The van der Waals surface area contributed by atoms with Gasteiger partial charge in [0, 0.05) is 22.8 Å². The van der Waals surface area contributed by atoms with Crippen LogP contribution in [0.1, 0.15) is 33.3 Å². The highest BCUT2D eigenvalue weighted by Gasteiger charge is 2.24. The van der Waals surface area contributed by atoms with Gasteiger partial charge in [-0.15, -0.1) is 0 Å². The van der Waals surface area contributed by atoms with E-state index >= 15 is 0 Å². The summed E-state index contributed by atoms with van der Waals surface area (Å²) in [5.74, 6) is -1.20. The molecule has 0 atom stereocenters. The molecule has 0 amide bonds. The van der Waals surface area contributed by atoms with Crippen molar-refractivity contribution in [3.05, 3.63) is 99.7 Å². The van der Waals surface area contributed by atoms with Crippen molar-refractivity contribution < 1.29 is 24.0 Å². The molecular weight excluding hydrogens is 424 g/mol. The highest BCUT2D eigenvalue weighted by Crippen LogP contribution is 2.33. The van der Waals surface area contributed by atoms with Crippen molar-refractivity contribution in [3.8, 4) is 11.4 Å². The third-order valence-corrected chi connectivity index (χ3v) is 5.20. The Morgan fingerprint density at radius 2 is 1.67 bits per heavy atom. The van der Waals surface area contributed by atoms with Crippen LogP contribution in [0.4, 0.5) is 5.69 Å². The Hall–Kier alpha value is -4.46. The molecule has 3 aromatic carbocycles. The Morgan fingerprint density at radius 1 is 0.970 bits per heavy atom. The highest BCUT2D eigenvalue weighted by atomic mass is 16.6. The van der Waals surface area contributed by atoms with Crippen LogP contribution in [0.5, 0.6) is 5.75 Å². The molecule has 166 valence electrons. The summed E-state index contributed by atoms with van der Waals surface area (Å²) in [4.78, 5) is 36.1. The number of hydrogen-bond acceptors (Lipinski definition) is 6. The van der Waals surface area contributed by atoms with E-state index in [1.807, 2.05) is 41.8 Å². The van der Waals surface area contributed by atoms with Crippen molar-refractivity contribution in [1.82, 2.24) is 4.57 Å². The lowest BCUT2D eigenvalue weighted by Crippen LogP contribution is -2.11. The zero-order valence-corrected chi connectivity index (χ0v) is 18.0. The standard InChI is InChI=1S/C25H20N2O6/c1-3-32-25(29)23-16(2)26(17-9-5-4-6-10-17)21-14-13-18(15-20(21)23)33-24(28)19-11-7-8-12-22(19)27(30)31/h4-15H,3H2,1-2H3. The first-order valence-corrected chi connectivity index (χ1v) is 10.3. The molecule has 1 heterocycles. The monoisotopic (exact) mass is 444 g/mol. The van der Waals surface area contributed by atoms with E-state index in [1.54, 1.807) is 25.1 Å². The van der Waals surface area contributed by atoms with Gasteiger partial charge in [-0.05, 0) is 50.2 Å². The fourth-order valence-corrected chi connectivity index (χ4v) is 3.80. The van der Waals surface area contributed by atoms with Crippen molar-refractivity contribution in [1.29, 1.82) is 0 Å². The van der Waals surface area contributed by atoms with Crippen molar-refractivity contribution in [3.63, 3.8) is 0 Å². The lowest BCUT2D eigenvalue weighted by Gasteiger charge is -2.09. The Morgan fingerprint density at radius 3 is 2.36 bits per heavy atom. The summed E-state index contributed by atoms with van der Waals surface area (Å²) in [5, 5.41) is 11.8. The summed E-state index contributed by atoms with van der Waals surface area (Å²) in [7, 11) is 0. The summed E-state index contributed by atoms with van der Waals surface area (Å²) < 4.78 is 12.6. The number of esters is 2. The number of para-hydroxylation sites is 2. The third-order valence-electron chi connectivity index (χ3n) is 5.20. The molecule has 8 nitrogen and oxygen atoms in total. The molecule has 0 N–H and O–H groups in total. The quantitative estimate of drug-likeness (QED) is 0.174. The minimum atomic E-state index is -0.862. The van der Waals surface area contributed by atoms with Gasteiger partial charge >= 0.3 is 11.9 Å². The molecule has 0 aliphatic carbocycles. The van der Waals surface area contributed by atoms with Crippen LogP contribution in [0.15, 0.2) is 72.8 Å². The molecule has 0 aliphatic rings. The molecule has 0 saturated heterocycles. The molecule has 0 unspecified atom stereocenters. The van der Waals surface area contributed by atoms with Gasteiger partial charge in [-0.25, -0.2) is 9.59 Å². The maximum atomic E-state index is 12.8. The van der Waals surface area contributed by atoms with E-state index in [0.29, 0.717) is 16.6 Å². The molecule has 8 heteroatoms. The van der Waals surface area contributed by atoms with Gasteiger partial charge in [-0.1, -0.05) is 30.3 Å². The van der Waals surface area contributed by atoms with Crippen molar-refractivity contribution in [2.45, 2.75) is 13.8 Å². The van der Waals surface area contributed by atoms with Crippen LogP contribution in [0.3, 0.4) is 0 Å². The zero-order valence-electron chi connectivity index (χ0n) is 18.0. The normalized spacial score (nSPS) is 10.7. The van der Waals surface area contributed by atoms with Gasteiger partial charge in [0.25, 0.3) is 5.69 Å². The van der Waals surface area contributed by atoms with E-state index in [0.717, 1.165) is 11.2 Å². The topological polar surface area (TPSA) is 101 Å². The summed E-state index contributed by atoms with van der Waals surface area (Å²) in [6.45, 7) is 3.75. The average molecular weight is 444 g/mol. The molecular formula is C25H20N2O6. The Labute approximate surface area is 189 Å². The van der Waals surface area contributed by atoms with E-state index in [-0.39, 0.29) is 23.6 Å². The number of rotatable bonds is 6. The number of nitro benzene ring substituents is 1. The molecule has 0 bridgehead atoms. The molecule has 0 aliphatic heterocycles. The number of carbonyl (C=O) groups excluding carboxylic acids is 2. The van der Waals surface area contributed by atoms with Gasteiger partial charge in [0.05, 0.1) is 22.6 Å². The largest absolute Gasteiger partial charge is 0.462 e. The molecule has 4 rings (SSSR count). The lowest BCUT2D eigenvalue weighted by molar-refractivity contribution is -0.385. The summed E-state index contributed by atoms with van der Waals surface area (Å²) in [6.07, 6.45) is 0. The minimum absolute atomic E-state index is 0.154. The van der Waals surface area contributed by atoms with E-state index in [1.165, 1.54) is 24.3 Å². The van der Waals surface area contributed by atoms with E-state index in [2.05, 4.69) is 0 Å². The van der Waals surface area contributed by atoms with E-state index in [9.17, 15) is 19.7 Å². The van der Waals surface area contributed by atoms with Gasteiger partial charge in [-0.2, -0.15) is 0 Å².